The van der Waals surface area contributed by atoms with Gasteiger partial charge in [-0.1, -0.05) is 18.2 Å². The van der Waals surface area contributed by atoms with Gasteiger partial charge in [0.2, 0.25) is 5.88 Å². The molecule has 122 valence electrons. The van der Waals surface area contributed by atoms with Crippen LogP contribution in [0.15, 0.2) is 36.4 Å². The van der Waals surface area contributed by atoms with Gasteiger partial charge in [-0.2, -0.15) is 5.10 Å². The number of rotatable bonds is 6. The summed E-state index contributed by atoms with van der Waals surface area (Å²) < 4.78 is 12.8. The molecule has 1 saturated heterocycles. The molecule has 1 fully saturated rings. The molecule has 1 amide bonds. The second-order valence-corrected chi connectivity index (χ2v) is 5.39. The third kappa shape index (κ3) is 3.71. The summed E-state index contributed by atoms with van der Waals surface area (Å²) in [6, 6.07) is 11.3. The molecule has 2 heterocycles. The van der Waals surface area contributed by atoms with Crippen molar-refractivity contribution < 1.29 is 14.3 Å². The topological polar surface area (TPSA) is 65.4 Å². The summed E-state index contributed by atoms with van der Waals surface area (Å²) in [5.41, 5.74) is 1.20. The van der Waals surface area contributed by atoms with Gasteiger partial charge in [-0.05, 0) is 31.9 Å². The molecule has 1 N–H and O–H groups in total. The Morgan fingerprint density at radius 1 is 1.43 bits per heavy atom. The molecule has 0 saturated carbocycles. The van der Waals surface area contributed by atoms with E-state index in [1.165, 1.54) is 0 Å². The van der Waals surface area contributed by atoms with Gasteiger partial charge in [0.1, 0.15) is 0 Å². The van der Waals surface area contributed by atoms with Gasteiger partial charge >= 0.3 is 0 Å². The average Bonchev–Trinajstić information content (AvgIpc) is 3.23. The van der Waals surface area contributed by atoms with Gasteiger partial charge in [0.05, 0.1) is 18.4 Å². The number of ether oxygens (including phenoxy) is 2. The predicted molar refractivity (Wildman–Crippen MR) is 86.0 cm³/mol. The number of aromatic nitrogens is 2. The summed E-state index contributed by atoms with van der Waals surface area (Å²) in [6.07, 6.45) is 2.15. The fraction of sp³-hybridized carbons (Fsp3) is 0.412. The molecule has 1 aliphatic heterocycles. The van der Waals surface area contributed by atoms with Gasteiger partial charge in [0.25, 0.3) is 5.91 Å². The predicted octanol–water partition coefficient (Wildman–Crippen LogP) is 2.18. The lowest BCUT2D eigenvalue weighted by Crippen LogP contribution is -2.32. The molecule has 23 heavy (non-hydrogen) atoms. The smallest absolute Gasteiger partial charge is 0.272 e. The lowest BCUT2D eigenvalue weighted by atomic mass is 10.2. The highest BCUT2D eigenvalue weighted by atomic mass is 16.5. The summed E-state index contributed by atoms with van der Waals surface area (Å²) in [4.78, 5) is 12.3. The molecule has 1 atom stereocenters. The number of benzene rings is 1. The Balaban J connectivity index is 1.75. The maximum Gasteiger partial charge on any atom is 0.272 e. The third-order valence-corrected chi connectivity index (χ3v) is 3.72. The van der Waals surface area contributed by atoms with Gasteiger partial charge in [-0.3, -0.25) is 4.79 Å². The first kappa shape index (κ1) is 15.6. The van der Waals surface area contributed by atoms with Crippen LogP contribution in [0.2, 0.25) is 0 Å². The Morgan fingerprint density at radius 2 is 2.26 bits per heavy atom. The quantitative estimate of drug-likeness (QED) is 0.887. The van der Waals surface area contributed by atoms with Crippen molar-refractivity contribution in [2.24, 2.45) is 0 Å². The number of nitrogens with zero attached hydrogens (tertiary/aromatic N) is 2. The molecule has 0 aliphatic carbocycles. The Bertz CT molecular complexity index is 648. The minimum Gasteiger partial charge on any atom is -0.478 e. The first-order valence-electron chi connectivity index (χ1n) is 7.96. The first-order chi connectivity index (χ1) is 11.3. The molecule has 1 unspecified atom stereocenters. The molecule has 0 radical (unpaired) electrons. The van der Waals surface area contributed by atoms with Crippen LogP contribution in [-0.4, -0.2) is 41.6 Å². The highest BCUT2D eigenvalue weighted by Crippen LogP contribution is 2.19. The SMILES string of the molecule is CCOc1cc(C(=O)NCC2CCCO2)nn1-c1ccccc1. The fourth-order valence-corrected chi connectivity index (χ4v) is 2.58. The van der Waals surface area contributed by atoms with E-state index in [2.05, 4.69) is 10.4 Å². The minimum absolute atomic E-state index is 0.113. The molecule has 0 bridgehead atoms. The summed E-state index contributed by atoms with van der Waals surface area (Å²) in [7, 11) is 0. The summed E-state index contributed by atoms with van der Waals surface area (Å²) in [6.45, 7) is 3.70. The number of hydrogen-bond donors (Lipinski definition) is 1. The van der Waals surface area contributed by atoms with Crippen molar-refractivity contribution >= 4 is 5.91 Å². The van der Waals surface area contributed by atoms with Crippen molar-refractivity contribution in [1.29, 1.82) is 0 Å². The molecule has 6 nitrogen and oxygen atoms in total. The molecule has 1 aromatic heterocycles. The van der Waals surface area contributed by atoms with Crippen LogP contribution in [0.1, 0.15) is 30.3 Å². The van der Waals surface area contributed by atoms with Crippen LogP contribution in [0.3, 0.4) is 0 Å². The van der Waals surface area contributed by atoms with Crippen molar-refractivity contribution in [3.8, 4) is 11.6 Å². The zero-order chi connectivity index (χ0) is 16.1. The second-order valence-electron chi connectivity index (χ2n) is 5.39. The molecule has 0 spiro atoms. The Labute approximate surface area is 135 Å². The molecule has 1 aromatic carbocycles. The number of carbonyl (C=O) groups is 1. The summed E-state index contributed by atoms with van der Waals surface area (Å²) >= 11 is 0. The van der Waals surface area contributed by atoms with Gasteiger partial charge in [0, 0.05) is 19.2 Å². The van der Waals surface area contributed by atoms with E-state index in [1.807, 2.05) is 37.3 Å². The molecule has 3 rings (SSSR count). The standard InChI is InChI=1S/C17H21N3O3/c1-2-22-16-11-15(17(21)18-12-14-9-6-10-23-14)19-20(16)13-7-4-3-5-8-13/h3-5,7-8,11,14H,2,6,9-10,12H2,1H3,(H,18,21). The van der Waals surface area contributed by atoms with Crippen molar-refractivity contribution in [3.05, 3.63) is 42.1 Å². The molecular weight excluding hydrogens is 294 g/mol. The lowest BCUT2D eigenvalue weighted by Gasteiger charge is -2.09. The van der Waals surface area contributed by atoms with Crippen molar-refractivity contribution in [2.75, 3.05) is 19.8 Å². The van der Waals surface area contributed by atoms with Crippen LogP contribution >= 0.6 is 0 Å². The maximum atomic E-state index is 12.3. The number of amides is 1. The zero-order valence-electron chi connectivity index (χ0n) is 13.2. The molecule has 2 aromatic rings. The van der Waals surface area contributed by atoms with Crippen LogP contribution in [0.5, 0.6) is 5.88 Å². The zero-order valence-corrected chi connectivity index (χ0v) is 13.2. The average molecular weight is 315 g/mol. The summed E-state index contributed by atoms with van der Waals surface area (Å²) in [5.74, 6) is 0.345. The highest BCUT2D eigenvalue weighted by molar-refractivity contribution is 5.92. The highest BCUT2D eigenvalue weighted by Gasteiger charge is 2.19. The van der Waals surface area contributed by atoms with E-state index in [0.717, 1.165) is 25.1 Å². The van der Waals surface area contributed by atoms with Crippen LogP contribution in [0.25, 0.3) is 5.69 Å². The van der Waals surface area contributed by atoms with Crippen LogP contribution in [0.4, 0.5) is 0 Å². The van der Waals surface area contributed by atoms with Crippen LogP contribution in [-0.2, 0) is 4.74 Å². The van der Waals surface area contributed by atoms with Gasteiger partial charge in [0.15, 0.2) is 5.69 Å². The van der Waals surface area contributed by atoms with E-state index in [9.17, 15) is 4.79 Å². The number of hydrogen-bond acceptors (Lipinski definition) is 4. The van der Waals surface area contributed by atoms with E-state index < -0.39 is 0 Å². The molecule has 1 aliphatic rings. The van der Waals surface area contributed by atoms with Crippen molar-refractivity contribution in [1.82, 2.24) is 15.1 Å². The van der Waals surface area contributed by atoms with E-state index in [4.69, 9.17) is 9.47 Å². The van der Waals surface area contributed by atoms with E-state index >= 15 is 0 Å². The summed E-state index contributed by atoms with van der Waals surface area (Å²) in [5, 5.41) is 7.26. The van der Waals surface area contributed by atoms with Gasteiger partial charge < -0.3 is 14.8 Å². The van der Waals surface area contributed by atoms with Crippen LogP contribution in [0, 0.1) is 0 Å². The normalized spacial score (nSPS) is 17.2. The maximum absolute atomic E-state index is 12.3. The van der Waals surface area contributed by atoms with Crippen LogP contribution < -0.4 is 10.1 Å². The Morgan fingerprint density at radius 3 is 2.96 bits per heavy atom. The number of nitrogens with one attached hydrogen (secondary N) is 1. The Hall–Kier alpha value is -2.34. The number of carbonyl (C=O) groups excluding carboxylic acids is 1. The van der Waals surface area contributed by atoms with Gasteiger partial charge in [-0.15, -0.1) is 0 Å². The minimum atomic E-state index is -0.212. The van der Waals surface area contributed by atoms with Crippen molar-refractivity contribution in [2.45, 2.75) is 25.9 Å². The number of para-hydroxylation sites is 1. The monoisotopic (exact) mass is 315 g/mol. The third-order valence-electron chi connectivity index (χ3n) is 3.72. The fourth-order valence-electron chi connectivity index (χ4n) is 2.58. The lowest BCUT2D eigenvalue weighted by molar-refractivity contribution is 0.0853. The molecular formula is C17H21N3O3. The first-order valence-corrected chi connectivity index (χ1v) is 7.96. The second kappa shape index (κ2) is 7.28. The van der Waals surface area contributed by atoms with E-state index in [0.29, 0.717) is 24.7 Å². The van der Waals surface area contributed by atoms with E-state index in [-0.39, 0.29) is 12.0 Å². The largest absolute Gasteiger partial charge is 0.478 e. The molecule has 6 heteroatoms. The Kier molecular flexibility index (Phi) is 4.92. The van der Waals surface area contributed by atoms with Gasteiger partial charge in [-0.25, -0.2) is 4.68 Å². The van der Waals surface area contributed by atoms with Crippen molar-refractivity contribution in [3.63, 3.8) is 0 Å². The van der Waals surface area contributed by atoms with E-state index in [1.54, 1.807) is 10.7 Å².